The van der Waals surface area contributed by atoms with Crippen LogP contribution in [0.2, 0.25) is 10.2 Å². The lowest BCUT2D eigenvalue weighted by molar-refractivity contribution is 0.0495. The van der Waals surface area contributed by atoms with Crippen molar-refractivity contribution in [3.05, 3.63) is 22.4 Å². The number of rotatable bonds is 4. The van der Waals surface area contributed by atoms with E-state index in [2.05, 4.69) is 4.98 Å². The molecule has 1 unspecified atom stereocenters. The van der Waals surface area contributed by atoms with Crippen LogP contribution in [0, 0.1) is 5.92 Å². The lowest BCUT2D eigenvalue weighted by atomic mass is 10.0. The monoisotopic (exact) mass is 338 g/mol. The molecular weight excluding hydrogens is 323 g/mol. The van der Waals surface area contributed by atoms with E-state index in [4.69, 9.17) is 27.9 Å². The summed E-state index contributed by atoms with van der Waals surface area (Å²) in [5.74, 6) is 0.222. The molecule has 0 N–H and O–H groups in total. The first-order chi connectivity index (χ1) is 9.41. The van der Waals surface area contributed by atoms with Gasteiger partial charge in [0.05, 0.1) is 11.6 Å². The van der Waals surface area contributed by atoms with E-state index in [0.29, 0.717) is 13.2 Å². The summed E-state index contributed by atoms with van der Waals surface area (Å²) in [6.07, 6.45) is 3.16. The largest absolute Gasteiger partial charge is 0.381 e. The Morgan fingerprint density at radius 1 is 1.50 bits per heavy atom. The highest BCUT2D eigenvalue weighted by atomic mass is 35.5. The smallest absolute Gasteiger partial charge is 0.244 e. The second-order valence-electron chi connectivity index (χ2n) is 4.81. The standard InChI is InChI=1S/C12H16Cl2N2O3S/c1-16(7-9-3-2-4-19-8-9)20(17,18)10-5-11(13)12(14)15-6-10/h5-6,9H,2-4,7-8H2,1H3. The van der Waals surface area contributed by atoms with Gasteiger partial charge < -0.3 is 4.74 Å². The second-order valence-corrected chi connectivity index (χ2v) is 7.62. The van der Waals surface area contributed by atoms with Gasteiger partial charge in [-0.05, 0) is 24.8 Å². The molecule has 112 valence electrons. The lowest BCUT2D eigenvalue weighted by Crippen LogP contribution is -2.35. The van der Waals surface area contributed by atoms with Gasteiger partial charge in [-0.1, -0.05) is 23.2 Å². The van der Waals surface area contributed by atoms with Gasteiger partial charge in [0.15, 0.2) is 0 Å². The molecule has 1 aliphatic heterocycles. The zero-order valence-electron chi connectivity index (χ0n) is 11.1. The van der Waals surface area contributed by atoms with Crippen LogP contribution in [0.5, 0.6) is 0 Å². The minimum absolute atomic E-state index is 0.0473. The third-order valence-corrected chi connectivity index (χ3v) is 5.72. The lowest BCUT2D eigenvalue weighted by Gasteiger charge is -2.26. The molecule has 0 saturated carbocycles. The third kappa shape index (κ3) is 3.62. The second kappa shape index (κ2) is 6.58. The van der Waals surface area contributed by atoms with E-state index in [1.54, 1.807) is 7.05 Å². The van der Waals surface area contributed by atoms with Crippen molar-refractivity contribution in [3.63, 3.8) is 0 Å². The number of hydrogen-bond donors (Lipinski definition) is 0. The Balaban J connectivity index is 2.13. The average molecular weight is 339 g/mol. The van der Waals surface area contributed by atoms with Crippen LogP contribution in [0.15, 0.2) is 17.2 Å². The molecule has 1 aliphatic rings. The first-order valence-corrected chi connectivity index (χ1v) is 8.46. The number of sulfonamides is 1. The van der Waals surface area contributed by atoms with Crippen LogP contribution in [0.1, 0.15) is 12.8 Å². The van der Waals surface area contributed by atoms with Gasteiger partial charge in [0.1, 0.15) is 10.0 Å². The quantitative estimate of drug-likeness (QED) is 0.791. The molecular formula is C12H16Cl2N2O3S. The van der Waals surface area contributed by atoms with Crippen molar-refractivity contribution in [2.75, 3.05) is 26.8 Å². The van der Waals surface area contributed by atoms with Crippen LogP contribution >= 0.6 is 23.2 Å². The fourth-order valence-corrected chi connectivity index (χ4v) is 3.69. The molecule has 0 bridgehead atoms. The maximum Gasteiger partial charge on any atom is 0.244 e. The Morgan fingerprint density at radius 3 is 2.85 bits per heavy atom. The van der Waals surface area contributed by atoms with E-state index in [1.165, 1.54) is 16.6 Å². The van der Waals surface area contributed by atoms with Crippen molar-refractivity contribution in [1.29, 1.82) is 0 Å². The van der Waals surface area contributed by atoms with Gasteiger partial charge >= 0.3 is 0 Å². The van der Waals surface area contributed by atoms with Gasteiger partial charge in [-0.15, -0.1) is 0 Å². The van der Waals surface area contributed by atoms with Gasteiger partial charge in [0.2, 0.25) is 10.0 Å². The highest BCUT2D eigenvalue weighted by Crippen LogP contribution is 2.25. The van der Waals surface area contributed by atoms with Crippen molar-refractivity contribution in [3.8, 4) is 0 Å². The summed E-state index contributed by atoms with van der Waals surface area (Å²) in [5.41, 5.74) is 0. The van der Waals surface area contributed by atoms with E-state index < -0.39 is 10.0 Å². The molecule has 0 aliphatic carbocycles. The number of nitrogens with zero attached hydrogens (tertiary/aromatic N) is 2. The molecule has 1 aromatic rings. The van der Waals surface area contributed by atoms with Gasteiger partial charge in [-0.3, -0.25) is 0 Å². The molecule has 5 nitrogen and oxygen atoms in total. The first-order valence-electron chi connectivity index (χ1n) is 6.26. The van der Waals surface area contributed by atoms with Gasteiger partial charge in [-0.2, -0.15) is 0 Å². The molecule has 0 aromatic carbocycles. The molecule has 2 rings (SSSR count). The Morgan fingerprint density at radius 2 is 2.25 bits per heavy atom. The molecule has 20 heavy (non-hydrogen) atoms. The molecule has 1 saturated heterocycles. The molecule has 0 radical (unpaired) electrons. The van der Waals surface area contributed by atoms with Crippen LogP contribution in [0.3, 0.4) is 0 Å². The Kier molecular flexibility index (Phi) is 5.25. The molecule has 2 heterocycles. The van der Waals surface area contributed by atoms with Crippen molar-refractivity contribution >= 4 is 33.2 Å². The van der Waals surface area contributed by atoms with Crippen LogP contribution in [-0.2, 0) is 14.8 Å². The normalized spacial score (nSPS) is 20.3. The van der Waals surface area contributed by atoms with Crippen molar-refractivity contribution in [2.24, 2.45) is 5.92 Å². The summed E-state index contributed by atoms with van der Waals surface area (Å²) in [7, 11) is -2.06. The number of hydrogen-bond acceptors (Lipinski definition) is 4. The summed E-state index contributed by atoms with van der Waals surface area (Å²) >= 11 is 11.5. The van der Waals surface area contributed by atoms with Crippen molar-refractivity contribution < 1.29 is 13.2 Å². The van der Waals surface area contributed by atoms with Crippen molar-refractivity contribution in [1.82, 2.24) is 9.29 Å². The zero-order chi connectivity index (χ0) is 14.8. The summed E-state index contributed by atoms with van der Waals surface area (Å²) < 4.78 is 31.5. The predicted molar refractivity (Wildman–Crippen MR) is 77.6 cm³/mol. The molecule has 8 heteroatoms. The van der Waals surface area contributed by atoms with Crippen LogP contribution < -0.4 is 0 Å². The van der Waals surface area contributed by atoms with Crippen LogP contribution in [-0.4, -0.2) is 44.5 Å². The van der Waals surface area contributed by atoms with Gasteiger partial charge in [0.25, 0.3) is 0 Å². The molecule has 0 amide bonds. The van der Waals surface area contributed by atoms with Crippen molar-refractivity contribution in [2.45, 2.75) is 17.7 Å². The van der Waals surface area contributed by atoms with E-state index in [9.17, 15) is 8.42 Å². The van der Waals surface area contributed by atoms with E-state index >= 15 is 0 Å². The summed E-state index contributed by atoms with van der Waals surface area (Å²) in [4.78, 5) is 3.82. The number of aromatic nitrogens is 1. The minimum Gasteiger partial charge on any atom is -0.381 e. The SMILES string of the molecule is CN(CC1CCCOC1)S(=O)(=O)c1cnc(Cl)c(Cl)c1. The maximum atomic E-state index is 12.4. The highest BCUT2D eigenvalue weighted by Gasteiger charge is 2.26. The van der Waals surface area contributed by atoms with Gasteiger partial charge in [0, 0.05) is 26.4 Å². The minimum atomic E-state index is -3.61. The number of ether oxygens (including phenoxy) is 1. The average Bonchev–Trinajstić information content (AvgIpc) is 2.42. The number of halogens is 2. The van der Waals surface area contributed by atoms with Crippen LogP contribution in [0.25, 0.3) is 0 Å². The Hall–Kier alpha value is -0.400. The third-order valence-electron chi connectivity index (χ3n) is 3.25. The Labute approximate surface area is 128 Å². The molecule has 1 atom stereocenters. The van der Waals surface area contributed by atoms with E-state index in [-0.39, 0.29) is 21.0 Å². The highest BCUT2D eigenvalue weighted by molar-refractivity contribution is 7.89. The van der Waals surface area contributed by atoms with E-state index in [0.717, 1.165) is 19.4 Å². The van der Waals surface area contributed by atoms with E-state index in [1.807, 2.05) is 0 Å². The Bertz CT molecular complexity index is 574. The molecule has 1 fully saturated rings. The maximum absolute atomic E-state index is 12.4. The summed E-state index contributed by atoms with van der Waals surface area (Å²) in [6, 6.07) is 1.32. The number of pyridine rings is 1. The molecule has 0 spiro atoms. The predicted octanol–water partition coefficient (Wildman–Crippen LogP) is 2.44. The van der Waals surface area contributed by atoms with Gasteiger partial charge in [-0.25, -0.2) is 17.7 Å². The summed E-state index contributed by atoms with van der Waals surface area (Å²) in [5, 5.41) is 0.219. The zero-order valence-corrected chi connectivity index (χ0v) is 13.4. The topological polar surface area (TPSA) is 59.5 Å². The first kappa shape index (κ1) is 16.0. The fourth-order valence-electron chi connectivity index (χ4n) is 2.14. The molecule has 1 aromatic heterocycles. The van der Waals surface area contributed by atoms with Crippen LogP contribution in [0.4, 0.5) is 0 Å². The summed E-state index contributed by atoms with van der Waals surface area (Å²) in [6.45, 7) is 1.77. The fraction of sp³-hybridized carbons (Fsp3) is 0.583.